The molecule has 0 saturated carbocycles. The maximum atomic E-state index is 13.6. The molecule has 8 nitrogen and oxygen atoms in total. The summed E-state index contributed by atoms with van der Waals surface area (Å²) in [6.45, 7) is 3.08. The van der Waals surface area contributed by atoms with Crippen molar-refractivity contribution < 1.29 is 17.6 Å². The number of nitrogens with one attached hydrogen (secondary N) is 3. The Labute approximate surface area is 199 Å². The molecular weight excluding hydrogens is 471 g/mol. The lowest BCUT2D eigenvalue weighted by Gasteiger charge is -2.36. The molecule has 0 amide bonds. The van der Waals surface area contributed by atoms with Crippen molar-refractivity contribution in [3.8, 4) is 0 Å². The van der Waals surface area contributed by atoms with Crippen LogP contribution in [0.3, 0.4) is 0 Å². The van der Waals surface area contributed by atoms with Gasteiger partial charge in [0.15, 0.2) is 0 Å². The van der Waals surface area contributed by atoms with Crippen molar-refractivity contribution >= 4 is 17.3 Å². The number of hydrazine groups is 1. The molecule has 5 rings (SSSR count). The van der Waals surface area contributed by atoms with Crippen LogP contribution in [0.4, 0.5) is 13.2 Å². The summed E-state index contributed by atoms with van der Waals surface area (Å²) < 4.78 is 46.7. The summed E-state index contributed by atoms with van der Waals surface area (Å²) in [5.41, 5.74) is 6.79. The molecule has 0 atom stereocenters. The van der Waals surface area contributed by atoms with Crippen molar-refractivity contribution in [3.63, 3.8) is 0 Å². The second kappa shape index (κ2) is 9.03. The Balaban J connectivity index is 1.39. The summed E-state index contributed by atoms with van der Waals surface area (Å²) in [7, 11) is 2.09. The molecule has 0 spiro atoms. The minimum atomic E-state index is -4.47. The van der Waals surface area contributed by atoms with Gasteiger partial charge in [-0.05, 0) is 62.8 Å². The Hall–Kier alpha value is -2.92. The number of benzene rings is 1. The van der Waals surface area contributed by atoms with Crippen molar-refractivity contribution in [2.45, 2.75) is 31.5 Å². The summed E-state index contributed by atoms with van der Waals surface area (Å²) in [4.78, 5) is 4.14. The first-order valence-electron chi connectivity index (χ1n) is 11.1. The molecule has 0 bridgehead atoms. The fraction of sp³-hybridized carbons (Fsp3) is 0.455. The van der Waals surface area contributed by atoms with Crippen LogP contribution < -0.4 is 16.2 Å². The largest absolute Gasteiger partial charge is 0.419 e. The van der Waals surface area contributed by atoms with Gasteiger partial charge in [0.1, 0.15) is 11.5 Å². The molecule has 34 heavy (non-hydrogen) atoms. The highest BCUT2D eigenvalue weighted by molar-refractivity contribution is 6.30. The molecular formula is C22H25ClF3N7O. The van der Waals surface area contributed by atoms with Gasteiger partial charge in [-0.1, -0.05) is 11.6 Å². The van der Waals surface area contributed by atoms with E-state index in [4.69, 9.17) is 16.0 Å². The Morgan fingerprint density at radius 3 is 2.71 bits per heavy atom. The molecule has 1 aromatic carbocycles. The van der Waals surface area contributed by atoms with E-state index in [1.54, 1.807) is 0 Å². The van der Waals surface area contributed by atoms with E-state index in [1.807, 2.05) is 11.0 Å². The molecule has 1 saturated heterocycles. The first kappa shape index (κ1) is 22.9. The summed E-state index contributed by atoms with van der Waals surface area (Å²) in [5, 5.41) is 11.9. The minimum Gasteiger partial charge on any atom is -0.419 e. The highest BCUT2D eigenvalue weighted by Crippen LogP contribution is 2.35. The van der Waals surface area contributed by atoms with Crippen molar-refractivity contribution in [1.29, 1.82) is 0 Å². The van der Waals surface area contributed by atoms with Gasteiger partial charge in [-0.2, -0.15) is 13.2 Å². The number of likely N-dealkylation sites (tertiary alicyclic amines) is 1. The average molecular weight is 496 g/mol. The molecule has 1 fully saturated rings. The van der Waals surface area contributed by atoms with Crippen LogP contribution in [0.2, 0.25) is 5.02 Å². The van der Waals surface area contributed by atoms with Crippen LogP contribution in [-0.4, -0.2) is 53.2 Å². The SMILES string of the molecule is CN1CCC(c2nnc(C3=CC4=C(NCCN4Cc4cc(Cl)ccc4C(F)(F)F)NN3)o2)CC1. The Kier molecular flexibility index (Phi) is 6.07. The number of rotatable bonds is 4. The predicted molar refractivity (Wildman–Crippen MR) is 120 cm³/mol. The number of nitrogens with zero attached hydrogens (tertiary/aromatic N) is 4. The molecule has 4 heterocycles. The molecule has 182 valence electrons. The zero-order valence-corrected chi connectivity index (χ0v) is 19.3. The Bertz CT molecular complexity index is 1120. The van der Waals surface area contributed by atoms with Crippen LogP contribution in [-0.2, 0) is 12.7 Å². The lowest BCUT2D eigenvalue weighted by atomic mass is 9.97. The van der Waals surface area contributed by atoms with Gasteiger partial charge in [-0.3, -0.25) is 10.9 Å². The monoisotopic (exact) mass is 495 g/mol. The third-order valence-electron chi connectivity index (χ3n) is 6.36. The normalized spacial score (nSPS) is 19.8. The van der Waals surface area contributed by atoms with Gasteiger partial charge in [0.05, 0.1) is 11.3 Å². The molecule has 3 aliphatic heterocycles. The highest BCUT2D eigenvalue weighted by atomic mass is 35.5. The number of halogens is 4. The van der Waals surface area contributed by atoms with E-state index in [-0.39, 0.29) is 23.0 Å². The molecule has 3 aliphatic rings. The zero-order valence-electron chi connectivity index (χ0n) is 18.5. The van der Waals surface area contributed by atoms with Crippen molar-refractivity contribution in [1.82, 2.24) is 36.2 Å². The number of hydrogen-bond donors (Lipinski definition) is 3. The van der Waals surface area contributed by atoms with Gasteiger partial charge >= 0.3 is 6.18 Å². The predicted octanol–water partition coefficient (Wildman–Crippen LogP) is 3.27. The lowest BCUT2D eigenvalue weighted by Crippen LogP contribution is -2.48. The number of alkyl halides is 3. The number of hydrogen-bond acceptors (Lipinski definition) is 8. The van der Waals surface area contributed by atoms with E-state index in [1.165, 1.54) is 12.1 Å². The number of piperidine rings is 1. The third-order valence-corrected chi connectivity index (χ3v) is 6.59. The van der Waals surface area contributed by atoms with Crippen LogP contribution >= 0.6 is 11.6 Å². The van der Waals surface area contributed by atoms with E-state index in [0.29, 0.717) is 42.1 Å². The molecule has 12 heteroatoms. The summed E-state index contributed by atoms with van der Waals surface area (Å²) >= 11 is 6.02. The van der Waals surface area contributed by atoms with Crippen molar-refractivity contribution in [3.05, 3.63) is 63.7 Å². The molecule has 1 aromatic heterocycles. The fourth-order valence-corrected chi connectivity index (χ4v) is 4.67. The molecule has 0 aliphatic carbocycles. The molecule has 3 N–H and O–H groups in total. The fourth-order valence-electron chi connectivity index (χ4n) is 4.48. The zero-order chi connectivity index (χ0) is 23.9. The van der Waals surface area contributed by atoms with Gasteiger partial charge in [-0.15, -0.1) is 10.2 Å². The maximum Gasteiger partial charge on any atom is 0.416 e. The number of allylic oxidation sites excluding steroid dienone is 1. The first-order valence-corrected chi connectivity index (χ1v) is 11.5. The summed E-state index contributed by atoms with van der Waals surface area (Å²) in [6, 6.07) is 3.66. The third kappa shape index (κ3) is 4.67. The van der Waals surface area contributed by atoms with Crippen molar-refractivity contribution in [2.75, 3.05) is 33.2 Å². The summed E-state index contributed by atoms with van der Waals surface area (Å²) in [5.74, 6) is 1.83. The second-order valence-electron chi connectivity index (χ2n) is 8.74. The van der Waals surface area contributed by atoms with Gasteiger partial charge in [0.25, 0.3) is 5.89 Å². The molecule has 2 aromatic rings. The first-order chi connectivity index (χ1) is 16.3. The van der Waals surface area contributed by atoms with Crippen molar-refractivity contribution in [2.24, 2.45) is 0 Å². The van der Waals surface area contributed by atoms with Crippen LogP contribution in [0.15, 0.2) is 40.2 Å². The van der Waals surface area contributed by atoms with Crippen LogP contribution in [0, 0.1) is 0 Å². The van der Waals surface area contributed by atoms with Gasteiger partial charge in [0.2, 0.25) is 5.89 Å². The van der Waals surface area contributed by atoms with E-state index in [2.05, 4.69) is 38.3 Å². The second-order valence-corrected chi connectivity index (χ2v) is 9.18. The standard InChI is InChI=1S/C22H25ClF3N7O/c1-32-7-4-13(5-8-32)20-30-31-21(34-20)17-11-18-19(29-28-17)27-6-9-33(18)12-14-10-15(23)2-3-16(14)22(24,25)26/h2-3,10-11,13,27-29H,4-9,12H2,1H3. The minimum absolute atomic E-state index is 0.0477. The van der Waals surface area contributed by atoms with E-state index < -0.39 is 11.7 Å². The Morgan fingerprint density at radius 1 is 1.15 bits per heavy atom. The average Bonchev–Trinajstić information content (AvgIpc) is 3.29. The van der Waals surface area contributed by atoms with Gasteiger partial charge in [0, 0.05) is 30.6 Å². The Morgan fingerprint density at radius 2 is 1.94 bits per heavy atom. The topological polar surface area (TPSA) is 81.5 Å². The van der Waals surface area contributed by atoms with Crippen LogP contribution in [0.5, 0.6) is 0 Å². The van der Waals surface area contributed by atoms with E-state index >= 15 is 0 Å². The van der Waals surface area contributed by atoms with Gasteiger partial charge < -0.3 is 19.5 Å². The van der Waals surface area contributed by atoms with E-state index in [0.717, 1.165) is 32.0 Å². The maximum absolute atomic E-state index is 13.6. The quantitative estimate of drug-likeness (QED) is 0.596. The summed E-state index contributed by atoms with van der Waals surface area (Å²) in [6.07, 6.45) is -0.748. The van der Waals surface area contributed by atoms with Crippen LogP contribution in [0.1, 0.15) is 41.7 Å². The number of aromatic nitrogens is 2. The van der Waals surface area contributed by atoms with Crippen LogP contribution in [0.25, 0.3) is 5.70 Å². The smallest absolute Gasteiger partial charge is 0.416 e. The van der Waals surface area contributed by atoms with Gasteiger partial charge in [-0.25, -0.2) is 0 Å². The molecule has 0 radical (unpaired) electrons. The highest BCUT2D eigenvalue weighted by Gasteiger charge is 2.34. The van der Waals surface area contributed by atoms with E-state index in [9.17, 15) is 13.2 Å². The molecule has 0 unspecified atom stereocenters. The lowest BCUT2D eigenvalue weighted by molar-refractivity contribution is -0.138.